The molecule has 0 spiro atoms. The molecular weight excluding hydrogens is 653 g/mol. The molecule has 1 atom stereocenters. The Morgan fingerprint density at radius 2 is 1.86 bits per heavy atom. The van der Waals surface area contributed by atoms with Crippen LogP contribution in [0.3, 0.4) is 0 Å². The number of nitriles is 1. The van der Waals surface area contributed by atoms with Gasteiger partial charge in [0.2, 0.25) is 0 Å². The minimum atomic E-state index is -0.796. The van der Waals surface area contributed by atoms with Crippen molar-refractivity contribution in [1.82, 2.24) is 19.4 Å². The Morgan fingerprint density at radius 1 is 1.11 bits per heavy atom. The first kappa shape index (κ1) is 29.7. The van der Waals surface area contributed by atoms with Gasteiger partial charge in [0, 0.05) is 28.7 Å². The molecule has 44 heavy (non-hydrogen) atoms. The number of benzene rings is 3. The smallest absolute Gasteiger partial charge is 0.333 e. The third-order valence-electron chi connectivity index (χ3n) is 7.71. The fraction of sp³-hybridized carbons (Fsp3) is 0.250. The predicted molar refractivity (Wildman–Crippen MR) is 165 cm³/mol. The van der Waals surface area contributed by atoms with E-state index in [0.29, 0.717) is 32.2 Å². The lowest BCUT2D eigenvalue weighted by molar-refractivity contribution is 0.0706. The van der Waals surface area contributed by atoms with Crippen LogP contribution in [0.25, 0.3) is 5.69 Å². The van der Waals surface area contributed by atoms with Gasteiger partial charge in [-0.25, -0.2) is 9.18 Å². The molecule has 2 amide bonds. The average Bonchev–Trinajstić information content (AvgIpc) is 3.79. The molecule has 1 fully saturated rings. The predicted octanol–water partition coefficient (Wildman–Crippen LogP) is 5.75. The highest BCUT2D eigenvalue weighted by atomic mass is 79.9. The molecule has 1 saturated carbocycles. The van der Waals surface area contributed by atoms with Crippen molar-refractivity contribution in [1.29, 1.82) is 5.26 Å². The number of amides is 2. The second-order valence-electron chi connectivity index (χ2n) is 10.8. The first-order chi connectivity index (χ1) is 21.1. The SMILES string of the molecule is C[C@H](NC(=O)c1c2n(c(=O)n1-c1ccc(OC3CC3)cc1)CCN(C(=O)c1ccc(Br)c(Cl)c1)C2)c1ccc(C#N)cc1F. The zero-order chi connectivity index (χ0) is 31.1. The Balaban J connectivity index is 1.38. The highest BCUT2D eigenvalue weighted by molar-refractivity contribution is 9.10. The molecule has 0 unspecified atom stereocenters. The molecule has 1 aliphatic heterocycles. The van der Waals surface area contributed by atoms with E-state index in [1.54, 1.807) is 54.3 Å². The van der Waals surface area contributed by atoms with Crippen molar-refractivity contribution in [2.75, 3.05) is 6.54 Å². The van der Waals surface area contributed by atoms with Crippen molar-refractivity contribution in [2.45, 2.75) is 45.0 Å². The number of halogens is 3. The van der Waals surface area contributed by atoms with Crippen LogP contribution in [-0.2, 0) is 13.1 Å². The van der Waals surface area contributed by atoms with Crippen molar-refractivity contribution in [3.05, 3.63) is 115 Å². The normalized spacial score (nSPS) is 14.8. The van der Waals surface area contributed by atoms with Gasteiger partial charge < -0.3 is 15.0 Å². The number of fused-ring (bicyclic) bond motifs is 1. The molecule has 2 aliphatic rings. The molecule has 0 radical (unpaired) electrons. The lowest BCUT2D eigenvalue weighted by Crippen LogP contribution is -2.41. The summed E-state index contributed by atoms with van der Waals surface area (Å²) in [5, 5.41) is 12.3. The van der Waals surface area contributed by atoms with Gasteiger partial charge in [0.15, 0.2) is 0 Å². The van der Waals surface area contributed by atoms with Gasteiger partial charge in [-0.1, -0.05) is 17.7 Å². The van der Waals surface area contributed by atoms with Gasteiger partial charge >= 0.3 is 5.69 Å². The summed E-state index contributed by atoms with van der Waals surface area (Å²) < 4.78 is 24.1. The Kier molecular flexibility index (Phi) is 8.05. The topological polar surface area (TPSA) is 109 Å². The van der Waals surface area contributed by atoms with Crippen LogP contribution >= 0.6 is 27.5 Å². The molecule has 4 aromatic rings. The fourth-order valence-corrected chi connectivity index (χ4v) is 5.69. The van der Waals surface area contributed by atoms with E-state index in [1.165, 1.54) is 21.3 Å². The average molecular weight is 679 g/mol. The van der Waals surface area contributed by atoms with E-state index < -0.39 is 23.5 Å². The third-order valence-corrected chi connectivity index (χ3v) is 8.95. The van der Waals surface area contributed by atoms with Crippen LogP contribution in [-0.4, -0.2) is 38.5 Å². The monoisotopic (exact) mass is 677 g/mol. The van der Waals surface area contributed by atoms with E-state index in [9.17, 15) is 18.8 Å². The lowest BCUT2D eigenvalue weighted by atomic mass is 10.1. The number of aromatic nitrogens is 2. The summed E-state index contributed by atoms with van der Waals surface area (Å²) in [5.41, 5.74) is 1.11. The number of hydrogen-bond acceptors (Lipinski definition) is 5. The summed E-state index contributed by atoms with van der Waals surface area (Å²) in [6, 6.07) is 16.9. The Bertz CT molecular complexity index is 1890. The van der Waals surface area contributed by atoms with Crippen LogP contribution in [0.4, 0.5) is 4.39 Å². The van der Waals surface area contributed by atoms with Crippen LogP contribution in [0.1, 0.15) is 63.5 Å². The molecule has 12 heteroatoms. The maximum absolute atomic E-state index is 14.8. The van der Waals surface area contributed by atoms with Gasteiger partial charge in [0.05, 0.1) is 46.7 Å². The second-order valence-corrected chi connectivity index (χ2v) is 12.0. The summed E-state index contributed by atoms with van der Waals surface area (Å²) in [4.78, 5) is 42.8. The van der Waals surface area contributed by atoms with E-state index in [4.69, 9.17) is 21.6 Å². The number of nitrogens with zero attached hydrogens (tertiary/aromatic N) is 4. The number of hydrogen-bond donors (Lipinski definition) is 1. The standard InChI is InChI=1S/C32H26BrClFN5O4/c1-18(24-10-2-19(16-36)14-27(24)35)37-30(41)29-28-17-38(31(42)20-3-11-25(33)26(34)15-20)12-13-39(28)32(43)40(29)21-4-6-22(7-5-21)44-23-8-9-23/h2-7,10-11,14-15,18,23H,8-9,12-13,17H2,1H3,(H,37,41)/t18-/m0/s1. The third kappa shape index (κ3) is 5.75. The Labute approximate surface area is 265 Å². The van der Waals surface area contributed by atoms with Crippen molar-refractivity contribution >= 4 is 39.3 Å². The van der Waals surface area contributed by atoms with Crippen LogP contribution in [0.5, 0.6) is 5.75 Å². The molecule has 9 nitrogen and oxygen atoms in total. The Hall–Kier alpha value is -4.40. The van der Waals surface area contributed by atoms with E-state index in [0.717, 1.165) is 18.9 Å². The maximum atomic E-state index is 14.8. The van der Waals surface area contributed by atoms with Crippen LogP contribution in [0.2, 0.25) is 5.02 Å². The summed E-state index contributed by atoms with van der Waals surface area (Å²) in [6.07, 6.45) is 2.19. The van der Waals surface area contributed by atoms with E-state index in [-0.39, 0.29) is 48.5 Å². The van der Waals surface area contributed by atoms with Crippen LogP contribution < -0.4 is 15.7 Å². The minimum absolute atomic E-state index is 0.0139. The number of nitrogens with one attached hydrogen (secondary N) is 1. The van der Waals surface area contributed by atoms with Crippen molar-refractivity contribution in [2.24, 2.45) is 0 Å². The van der Waals surface area contributed by atoms with Crippen LogP contribution in [0.15, 0.2) is 69.9 Å². The summed E-state index contributed by atoms with van der Waals surface area (Å²) >= 11 is 9.57. The Morgan fingerprint density at radius 3 is 2.52 bits per heavy atom. The summed E-state index contributed by atoms with van der Waals surface area (Å²) in [7, 11) is 0. The number of ether oxygens (including phenoxy) is 1. The van der Waals surface area contributed by atoms with E-state index in [1.807, 2.05) is 6.07 Å². The number of carbonyl (C=O) groups excluding carboxylic acids is 2. The number of imidazole rings is 1. The molecule has 0 saturated heterocycles. The van der Waals surface area contributed by atoms with E-state index in [2.05, 4.69) is 21.2 Å². The molecule has 224 valence electrons. The summed E-state index contributed by atoms with van der Waals surface area (Å²) in [5.74, 6) is -0.892. The zero-order valence-electron chi connectivity index (χ0n) is 23.5. The highest BCUT2D eigenvalue weighted by Crippen LogP contribution is 2.29. The lowest BCUT2D eigenvalue weighted by Gasteiger charge is -2.28. The number of carbonyl (C=O) groups is 2. The minimum Gasteiger partial charge on any atom is -0.490 e. The molecule has 0 bridgehead atoms. The molecule has 2 heterocycles. The molecule has 6 rings (SSSR count). The van der Waals surface area contributed by atoms with Crippen molar-refractivity contribution in [3.63, 3.8) is 0 Å². The number of rotatable bonds is 7. The molecule has 1 aromatic heterocycles. The second kappa shape index (κ2) is 11.9. The summed E-state index contributed by atoms with van der Waals surface area (Å²) in [6.45, 7) is 2.01. The van der Waals surface area contributed by atoms with Crippen LogP contribution in [0, 0.1) is 17.1 Å². The van der Waals surface area contributed by atoms with Gasteiger partial charge in [-0.2, -0.15) is 5.26 Å². The first-order valence-electron chi connectivity index (χ1n) is 14.0. The molecule has 1 N–H and O–H groups in total. The highest BCUT2D eigenvalue weighted by Gasteiger charge is 2.33. The quantitative estimate of drug-likeness (QED) is 0.268. The van der Waals surface area contributed by atoms with Crippen molar-refractivity contribution < 1.29 is 18.7 Å². The molecule has 1 aliphatic carbocycles. The van der Waals surface area contributed by atoms with Gasteiger partial charge in [0.1, 0.15) is 17.3 Å². The van der Waals surface area contributed by atoms with Gasteiger partial charge in [-0.3, -0.25) is 18.7 Å². The van der Waals surface area contributed by atoms with Gasteiger partial charge in [0.25, 0.3) is 11.8 Å². The maximum Gasteiger partial charge on any atom is 0.333 e. The van der Waals surface area contributed by atoms with Gasteiger partial charge in [-0.05, 0) is 90.3 Å². The molecule has 3 aromatic carbocycles. The largest absolute Gasteiger partial charge is 0.490 e. The molecular formula is C32H26BrClFN5O4. The fourth-order valence-electron chi connectivity index (χ4n) is 5.26. The zero-order valence-corrected chi connectivity index (χ0v) is 25.9. The first-order valence-corrected chi connectivity index (χ1v) is 15.2. The van der Waals surface area contributed by atoms with Crippen molar-refractivity contribution in [3.8, 4) is 17.5 Å². The van der Waals surface area contributed by atoms with E-state index >= 15 is 0 Å². The van der Waals surface area contributed by atoms with Gasteiger partial charge in [-0.15, -0.1) is 0 Å².